The van der Waals surface area contributed by atoms with Crippen LogP contribution in [0.3, 0.4) is 0 Å². The molecule has 3 aliphatic rings. The lowest BCUT2D eigenvalue weighted by molar-refractivity contribution is -0.131. The maximum atomic E-state index is 13.3. The van der Waals surface area contributed by atoms with Gasteiger partial charge in [-0.2, -0.15) is 0 Å². The van der Waals surface area contributed by atoms with E-state index in [0.29, 0.717) is 42.1 Å². The fraction of sp³-hybridized carbons (Fsp3) is 0.469. The van der Waals surface area contributed by atoms with Crippen LogP contribution in [0, 0.1) is 12.5 Å². The van der Waals surface area contributed by atoms with E-state index in [-0.39, 0.29) is 42.5 Å². The zero-order valence-corrected chi connectivity index (χ0v) is 25.4. The van der Waals surface area contributed by atoms with E-state index in [9.17, 15) is 14.4 Å². The summed E-state index contributed by atoms with van der Waals surface area (Å²) in [7, 11) is 5.03. The number of benzene rings is 2. The van der Waals surface area contributed by atoms with Gasteiger partial charge in [0.2, 0.25) is 5.91 Å². The van der Waals surface area contributed by atoms with Gasteiger partial charge >= 0.3 is 6.17 Å². The van der Waals surface area contributed by atoms with E-state index in [1.54, 1.807) is 23.7 Å². The molecule has 4 atom stereocenters. The molecule has 6 rings (SSSR count). The number of nitrogens with one attached hydrogen (secondary N) is 3. The molecule has 1 saturated heterocycles. The number of nitrogens with zero attached hydrogens (tertiary/aromatic N) is 6. The second kappa shape index (κ2) is 11.5. The average molecular weight is 596 g/mol. The average Bonchev–Trinajstić information content (AvgIpc) is 3.54. The Bertz CT molecular complexity index is 1610. The van der Waals surface area contributed by atoms with Crippen molar-refractivity contribution in [2.75, 3.05) is 20.6 Å². The number of tetrazole rings is 1. The van der Waals surface area contributed by atoms with Crippen LogP contribution in [0.15, 0.2) is 36.4 Å². The Morgan fingerprint density at radius 2 is 1.64 bits per heavy atom. The van der Waals surface area contributed by atoms with Gasteiger partial charge in [-0.1, -0.05) is 12.1 Å². The lowest BCUT2D eigenvalue weighted by Gasteiger charge is -2.37. The third kappa shape index (κ3) is 4.91. The van der Waals surface area contributed by atoms with E-state index >= 15 is 0 Å². The number of rotatable bonds is 8. The second-order valence-corrected chi connectivity index (χ2v) is 12.1. The SMILES string of the molecule is [C-]#[N+][C@@H]1C[C@@H]2C[C@@H]2N1C(=O)CN[C@@H](C)CC1(c2nnnn2C)c2ccc(C(=O)NC)cc2CCc2cc(C(=O)NC)ccc21. The number of aryl methyl sites for hydroxylation is 3. The number of carbonyl (C=O) groups is 3. The molecular formula is C32H37N9O3. The summed E-state index contributed by atoms with van der Waals surface area (Å²) in [6.45, 7) is 9.71. The minimum absolute atomic E-state index is 0.0515. The van der Waals surface area contributed by atoms with Gasteiger partial charge in [0.15, 0.2) is 5.82 Å². The Morgan fingerprint density at radius 3 is 2.16 bits per heavy atom. The first-order valence-electron chi connectivity index (χ1n) is 15.1. The van der Waals surface area contributed by atoms with Crippen molar-refractivity contribution < 1.29 is 14.4 Å². The summed E-state index contributed by atoms with van der Waals surface area (Å²) in [5.41, 5.74) is 4.18. The van der Waals surface area contributed by atoms with Crippen LogP contribution in [-0.2, 0) is 30.1 Å². The van der Waals surface area contributed by atoms with Crippen LogP contribution in [0.1, 0.15) is 75.0 Å². The summed E-state index contributed by atoms with van der Waals surface area (Å²) in [4.78, 5) is 44.1. The fourth-order valence-electron chi connectivity index (χ4n) is 7.34. The molecule has 12 nitrogen and oxygen atoms in total. The van der Waals surface area contributed by atoms with Crippen LogP contribution in [0.25, 0.3) is 4.85 Å². The van der Waals surface area contributed by atoms with E-state index in [1.807, 2.05) is 50.4 Å². The highest BCUT2D eigenvalue weighted by Gasteiger charge is 2.57. The summed E-state index contributed by atoms with van der Waals surface area (Å²) in [5.74, 6) is 0.683. The van der Waals surface area contributed by atoms with Crippen molar-refractivity contribution in [3.05, 3.63) is 87.0 Å². The van der Waals surface area contributed by atoms with Crippen molar-refractivity contribution in [3.8, 4) is 0 Å². The van der Waals surface area contributed by atoms with Crippen LogP contribution < -0.4 is 16.0 Å². The molecule has 228 valence electrons. The van der Waals surface area contributed by atoms with Crippen LogP contribution in [-0.4, -0.2) is 81.7 Å². The molecule has 1 saturated carbocycles. The molecule has 2 aliphatic carbocycles. The molecule has 1 aliphatic heterocycles. The Kier molecular flexibility index (Phi) is 7.67. The zero-order valence-electron chi connectivity index (χ0n) is 25.4. The van der Waals surface area contributed by atoms with Crippen LogP contribution >= 0.6 is 0 Å². The smallest absolute Gasteiger partial charge is 0.301 e. The van der Waals surface area contributed by atoms with Crippen molar-refractivity contribution in [3.63, 3.8) is 0 Å². The normalized spacial score (nSPS) is 21.6. The molecule has 44 heavy (non-hydrogen) atoms. The molecule has 3 aromatic rings. The van der Waals surface area contributed by atoms with Crippen LogP contribution in [0.5, 0.6) is 0 Å². The number of fused-ring (bicyclic) bond motifs is 3. The minimum Gasteiger partial charge on any atom is -0.355 e. The predicted octanol–water partition coefficient (Wildman–Crippen LogP) is 1.60. The third-order valence-corrected chi connectivity index (χ3v) is 9.50. The molecule has 12 heteroatoms. The molecule has 2 aromatic carbocycles. The van der Waals surface area contributed by atoms with Gasteiger partial charge in [-0.15, -0.1) is 5.10 Å². The van der Waals surface area contributed by atoms with Gasteiger partial charge in [-0.3, -0.25) is 24.1 Å². The van der Waals surface area contributed by atoms with E-state index in [4.69, 9.17) is 6.57 Å². The molecule has 3 amide bonds. The monoisotopic (exact) mass is 595 g/mol. The van der Waals surface area contributed by atoms with Crippen molar-refractivity contribution >= 4 is 17.7 Å². The van der Waals surface area contributed by atoms with Gasteiger partial charge in [0.25, 0.3) is 11.8 Å². The number of piperidine rings is 1. The van der Waals surface area contributed by atoms with Gasteiger partial charge in [-0.05, 0) is 95.5 Å². The predicted molar refractivity (Wildman–Crippen MR) is 162 cm³/mol. The third-order valence-electron chi connectivity index (χ3n) is 9.50. The first-order chi connectivity index (χ1) is 21.2. The van der Waals surface area contributed by atoms with E-state index in [1.165, 1.54) is 0 Å². The largest absolute Gasteiger partial charge is 0.355 e. The first-order valence-corrected chi connectivity index (χ1v) is 15.1. The number of carbonyl (C=O) groups excluding carboxylic acids is 3. The quantitative estimate of drug-likeness (QED) is 0.336. The number of hydrogen-bond donors (Lipinski definition) is 3. The maximum absolute atomic E-state index is 13.3. The molecule has 1 aromatic heterocycles. The topological polar surface area (TPSA) is 138 Å². The Balaban J connectivity index is 1.43. The van der Waals surface area contributed by atoms with E-state index < -0.39 is 5.41 Å². The maximum Gasteiger partial charge on any atom is 0.301 e. The number of likely N-dealkylation sites (tertiary alicyclic amines) is 1. The summed E-state index contributed by atoms with van der Waals surface area (Å²) in [5, 5.41) is 21.7. The highest BCUT2D eigenvalue weighted by molar-refractivity contribution is 5.95. The van der Waals surface area contributed by atoms with Gasteiger partial charge in [-0.25, -0.2) is 11.3 Å². The Morgan fingerprint density at radius 1 is 1.02 bits per heavy atom. The molecular weight excluding hydrogens is 558 g/mol. The standard InChI is InChI=1S/C32H37N9O3/c1-18(36-17-28(42)41-26-14-23(26)15-27(41)33-2)16-32(31-37-38-39-40(31)5)24-10-8-21(29(43)34-3)12-19(24)6-7-20-13-22(30(44)35-4)9-11-25(20)32/h8-13,18,23,26-27,36H,6-7,14-17H2,1,3-5H3,(H,34,43)(H,35,44)/t18-,23-,26-,27-/m0/s1. The van der Waals surface area contributed by atoms with Crippen molar-refractivity contribution in [2.45, 2.75) is 62.7 Å². The second-order valence-electron chi connectivity index (χ2n) is 12.1. The summed E-state index contributed by atoms with van der Waals surface area (Å²) in [6, 6.07) is 11.5. The van der Waals surface area contributed by atoms with Gasteiger partial charge < -0.3 is 16.0 Å². The van der Waals surface area contributed by atoms with Crippen molar-refractivity contribution in [2.24, 2.45) is 13.0 Å². The Hall–Kier alpha value is -4.63. The fourth-order valence-corrected chi connectivity index (χ4v) is 7.34. The Labute approximate surface area is 256 Å². The van der Waals surface area contributed by atoms with Crippen LogP contribution in [0.2, 0.25) is 0 Å². The molecule has 0 radical (unpaired) electrons. The highest BCUT2D eigenvalue weighted by atomic mass is 16.2. The minimum atomic E-state index is -0.869. The van der Waals surface area contributed by atoms with E-state index in [0.717, 1.165) is 35.1 Å². The number of amides is 3. The first kappa shape index (κ1) is 29.4. The molecule has 0 spiro atoms. The molecule has 2 heterocycles. The van der Waals surface area contributed by atoms with Gasteiger partial charge in [0, 0.05) is 50.8 Å². The lowest BCUT2D eigenvalue weighted by Crippen LogP contribution is -2.46. The lowest BCUT2D eigenvalue weighted by atomic mass is 9.67. The number of hydrogen-bond acceptors (Lipinski definition) is 7. The van der Waals surface area contributed by atoms with Gasteiger partial charge in [0.05, 0.1) is 12.0 Å². The zero-order chi connectivity index (χ0) is 31.2. The van der Waals surface area contributed by atoms with Crippen molar-refractivity contribution in [1.82, 2.24) is 41.1 Å². The highest BCUT2D eigenvalue weighted by Crippen LogP contribution is 2.49. The summed E-state index contributed by atoms with van der Waals surface area (Å²) in [6.07, 6.45) is 3.16. The van der Waals surface area contributed by atoms with E-state index in [2.05, 4.69) is 36.3 Å². The van der Waals surface area contributed by atoms with Crippen LogP contribution in [0.4, 0.5) is 0 Å². The summed E-state index contributed by atoms with van der Waals surface area (Å²) >= 11 is 0. The molecule has 0 unspecified atom stereocenters. The number of aromatic nitrogens is 4. The van der Waals surface area contributed by atoms with Crippen molar-refractivity contribution in [1.29, 1.82) is 0 Å². The molecule has 2 fully saturated rings. The van der Waals surface area contributed by atoms with Gasteiger partial charge in [0.1, 0.15) is 0 Å². The summed E-state index contributed by atoms with van der Waals surface area (Å²) < 4.78 is 1.67. The molecule has 0 bridgehead atoms. The molecule has 3 N–H and O–H groups in total.